The Morgan fingerprint density at radius 1 is 1.10 bits per heavy atom. The topological polar surface area (TPSA) is 29.1 Å². The second-order valence-corrected chi connectivity index (χ2v) is 5.97. The highest BCUT2D eigenvalue weighted by molar-refractivity contribution is 5.94. The summed E-state index contributed by atoms with van der Waals surface area (Å²) < 4.78 is 0. The van der Waals surface area contributed by atoms with E-state index in [0.29, 0.717) is 5.92 Å². The molecule has 3 rings (SSSR count). The van der Waals surface area contributed by atoms with Crippen molar-refractivity contribution in [1.29, 1.82) is 0 Å². The van der Waals surface area contributed by atoms with Gasteiger partial charge in [0, 0.05) is 11.6 Å². The van der Waals surface area contributed by atoms with Crippen molar-refractivity contribution in [2.45, 2.75) is 32.2 Å². The third-order valence-electron chi connectivity index (χ3n) is 4.12. The van der Waals surface area contributed by atoms with Crippen LogP contribution in [0.2, 0.25) is 0 Å². The summed E-state index contributed by atoms with van der Waals surface area (Å²) in [7, 11) is 0. The van der Waals surface area contributed by atoms with Gasteiger partial charge >= 0.3 is 0 Å². The summed E-state index contributed by atoms with van der Waals surface area (Å²) in [4.78, 5) is 12.4. The number of nitrogens with one attached hydrogen (secondary N) is 1. The Labute approximate surface area is 126 Å². The molecular formula is C19H21NO. The van der Waals surface area contributed by atoms with Gasteiger partial charge < -0.3 is 5.32 Å². The molecule has 2 nitrogen and oxygen atoms in total. The van der Waals surface area contributed by atoms with Gasteiger partial charge in [-0.25, -0.2) is 0 Å². The molecule has 2 aromatic rings. The van der Waals surface area contributed by atoms with E-state index in [1.807, 2.05) is 37.3 Å². The van der Waals surface area contributed by atoms with E-state index in [1.54, 1.807) is 0 Å². The standard InChI is InChI=1S/C19H21NO/c1-14-7-9-17(10-8-14)19(21)20-18(16-11-12-16)13-15-5-3-2-4-6-15/h2-10,16,18H,11-13H2,1H3,(H,20,21). The number of carbonyl (C=O) groups is 1. The zero-order chi connectivity index (χ0) is 14.7. The van der Waals surface area contributed by atoms with Gasteiger partial charge in [0.25, 0.3) is 5.91 Å². The van der Waals surface area contributed by atoms with Gasteiger partial charge in [-0.3, -0.25) is 4.79 Å². The van der Waals surface area contributed by atoms with Crippen molar-refractivity contribution in [3.8, 4) is 0 Å². The summed E-state index contributed by atoms with van der Waals surface area (Å²) in [5.74, 6) is 0.683. The molecule has 0 saturated heterocycles. The highest BCUT2D eigenvalue weighted by Crippen LogP contribution is 2.34. The molecular weight excluding hydrogens is 258 g/mol. The summed E-state index contributed by atoms with van der Waals surface area (Å²) in [5, 5.41) is 3.22. The van der Waals surface area contributed by atoms with Crippen molar-refractivity contribution in [2.75, 3.05) is 0 Å². The molecule has 0 radical (unpaired) electrons. The lowest BCUT2D eigenvalue weighted by Gasteiger charge is -2.18. The van der Waals surface area contributed by atoms with Crippen LogP contribution in [0.3, 0.4) is 0 Å². The van der Waals surface area contributed by atoms with E-state index in [0.717, 1.165) is 12.0 Å². The Morgan fingerprint density at radius 3 is 2.38 bits per heavy atom. The Bertz CT molecular complexity index is 599. The lowest BCUT2D eigenvalue weighted by Crippen LogP contribution is -2.38. The Kier molecular flexibility index (Phi) is 4.05. The molecule has 0 heterocycles. The minimum atomic E-state index is 0.0443. The predicted molar refractivity (Wildman–Crippen MR) is 85.3 cm³/mol. The molecule has 0 aromatic heterocycles. The molecule has 1 aliphatic carbocycles. The molecule has 1 aliphatic rings. The first kappa shape index (κ1) is 13.9. The van der Waals surface area contributed by atoms with Crippen LogP contribution in [0.4, 0.5) is 0 Å². The lowest BCUT2D eigenvalue weighted by atomic mass is 10.0. The largest absolute Gasteiger partial charge is 0.349 e. The third kappa shape index (κ3) is 3.72. The van der Waals surface area contributed by atoms with Gasteiger partial charge in [-0.05, 0) is 49.8 Å². The average molecular weight is 279 g/mol. The molecule has 0 bridgehead atoms. The molecule has 1 unspecified atom stereocenters. The van der Waals surface area contributed by atoms with Crippen molar-refractivity contribution in [1.82, 2.24) is 5.32 Å². The highest BCUT2D eigenvalue weighted by atomic mass is 16.1. The molecule has 2 heteroatoms. The fraction of sp³-hybridized carbons (Fsp3) is 0.316. The van der Waals surface area contributed by atoms with Crippen LogP contribution in [-0.4, -0.2) is 11.9 Å². The first-order valence-electron chi connectivity index (χ1n) is 7.64. The molecule has 1 saturated carbocycles. The molecule has 1 N–H and O–H groups in total. The van der Waals surface area contributed by atoms with Gasteiger partial charge in [-0.2, -0.15) is 0 Å². The van der Waals surface area contributed by atoms with Crippen LogP contribution in [0.1, 0.15) is 34.3 Å². The van der Waals surface area contributed by atoms with Crippen LogP contribution in [0.5, 0.6) is 0 Å². The third-order valence-corrected chi connectivity index (χ3v) is 4.12. The molecule has 0 aliphatic heterocycles. The SMILES string of the molecule is Cc1ccc(C(=O)NC(Cc2ccccc2)C2CC2)cc1. The van der Waals surface area contributed by atoms with Gasteiger partial charge in [-0.1, -0.05) is 48.0 Å². The Hall–Kier alpha value is -2.09. The molecule has 1 atom stereocenters. The normalized spacial score (nSPS) is 15.5. The minimum Gasteiger partial charge on any atom is -0.349 e. The molecule has 1 amide bonds. The predicted octanol–water partition coefficient (Wildman–Crippen LogP) is 3.75. The van der Waals surface area contributed by atoms with E-state index < -0.39 is 0 Å². The van der Waals surface area contributed by atoms with Crippen molar-refractivity contribution >= 4 is 5.91 Å². The second kappa shape index (κ2) is 6.13. The van der Waals surface area contributed by atoms with E-state index in [1.165, 1.54) is 24.0 Å². The number of hydrogen-bond donors (Lipinski definition) is 1. The summed E-state index contributed by atoms with van der Waals surface area (Å²) in [5.41, 5.74) is 3.22. The first-order valence-corrected chi connectivity index (χ1v) is 7.64. The maximum Gasteiger partial charge on any atom is 0.251 e. The summed E-state index contributed by atoms with van der Waals surface area (Å²) >= 11 is 0. The van der Waals surface area contributed by atoms with E-state index in [-0.39, 0.29) is 11.9 Å². The van der Waals surface area contributed by atoms with Crippen LogP contribution < -0.4 is 5.32 Å². The van der Waals surface area contributed by atoms with Crippen molar-refractivity contribution in [3.63, 3.8) is 0 Å². The van der Waals surface area contributed by atoms with Crippen LogP contribution in [-0.2, 0) is 6.42 Å². The molecule has 1 fully saturated rings. The van der Waals surface area contributed by atoms with E-state index in [9.17, 15) is 4.79 Å². The van der Waals surface area contributed by atoms with Crippen LogP contribution >= 0.6 is 0 Å². The van der Waals surface area contributed by atoms with Gasteiger partial charge in [0.1, 0.15) is 0 Å². The minimum absolute atomic E-state index is 0.0443. The zero-order valence-corrected chi connectivity index (χ0v) is 12.4. The van der Waals surface area contributed by atoms with Crippen molar-refractivity contribution in [2.24, 2.45) is 5.92 Å². The molecule has 0 spiro atoms. The van der Waals surface area contributed by atoms with Crippen LogP contribution in [0.25, 0.3) is 0 Å². The second-order valence-electron chi connectivity index (χ2n) is 5.97. The summed E-state index contributed by atoms with van der Waals surface area (Å²) in [6.07, 6.45) is 3.38. The first-order chi connectivity index (χ1) is 10.2. The fourth-order valence-electron chi connectivity index (χ4n) is 2.66. The smallest absolute Gasteiger partial charge is 0.251 e. The zero-order valence-electron chi connectivity index (χ0n) is 12.4. The van der Waals surface area contributed by atoms with Crippen LogP contribution in [0, 0.1) is 12.8 Å². The number of benzene rings is 2. The van der Waals surface area contributed by atoms with Gasteiger partial charge in [0.15, 0.2) is 0 Å². The van der Waals surface area contributed by atoms with Gasteiger partial charge in [0.05, 0.1) is 0 Å². The number of aryl methyl sites for hydroxylation is 1. The lowest BCUT2D eigenvalue weighted by molar-refractivity contribution is 0.0932. The number of hydrogen-bond acceptors (Lipinski definition) is 1. The quantitative estimate of drug-likeness (QED) is 0.887. The van der Waals surface area contributed by atoms with E-state index in [2.05, 4.69) is 29.6 Å². The number of carbonyl (C=O) groups excluding carboxylic acids is 1. The summed E-state index contributed by atoms with van der Waals surface area (Å²) in [6.45, 7) is 2.03. The van der Waals surface area contributed by atoms with Gasteiger partial charge in [-0.15, -0.1) is 0 Å². The maximum absolute atomic E-state index is 12.4. The Balaban J connectivity index is 1.67. The molecule has 108 valence electrons. The van der Waals surface area contributed by atoms with Gasteiger partial charge in [0.2, 0.25) is 0 Å². The van der Waals surface area contributed by atoms with E-state index >= 15 is 0 Å². The average Bonchev–Trinajstić information content (AvgIpc) is 3.33. The van der Waals surface area contributed by atoms with Crippen LogP contribution in [0.15, 0.2) is 54.6 Å². The maximum atomic E-state index is 12.4. The highest BCUT2D eigenvalue weighted by Gasteiger charge is 2.32. The van der Waals surface area contributed by atoms with E-state index in [4.69, 9.17) is 0 Å². The number of rotatable bonds is 5. The number of amides is 1. The molecule has 2 aromatic carbocycles. The fourth-order valence-corrected chi connectivity index (χ4v) is 2.66. The Morgan fingerprint density at radius 2 is 1.76 bits per heavy atom. The van der Waals surface area contributed by atoms with Crippen molar-refractivity contribution in [3.05, 3.63) is 71.3 Å². The monoisotopic (exact) mass is 279 g/mol. The summed E-state index contributed by atoms with van der Waals surface area (Å²) in [6, 6.07) is 18.4. The molecule has 21 heavy (non-hydrogen) atoms. The van der Waals surface area contributed by atoms with Crippen molar-refractivity contribution < 1.29 is 4.79 Å².